The first kappa shape index (κ1) is 13.8. The summed E-state index contributed by atoms with van der Waals surface area (Å²) < 4.78 is 0. The molecule has 108 valence electrons. The number of benzene rings is 1. The molecule has 0 radical (unpaired) electrons. The Morgan fingerprint density at radius 1 is 1.33 bits per heavy atom. The number of hydrogen-bond acceptors (Lipinski definition) is 3. The van der Waals surface area contributed by atoms with Crippen LogP contribution in [0.1, 0.15) is 28.4 Å². The van der Waals surface area contributed by atoms with E-state index in [0.29, 0.717) is 6.54 Å². The van der Waals surface area contributed by atoms with Gasteiger partial charge in [0.05, 0.1) is 5.69 Å². The molecule has 1 unspecified atom stereocenters. The summed E-state index contributed by atoms with van der Waals surface area (Å²) in [5.41, 5.74) is 4.09. The average molecular weight is 282 g/mol. The summed E-state index contributed by atoms with van der Waals surface area (Å²) in [4.78, 5) is 18.1. The number of aryl methyl sites for hydroxylation is 1. The smallest absolute Gasteiger partial charge is 0.325 e. The Kier molecular flexibility index (Phi) is 3.71. The third kappa shape index (κ3) is 2.67. The highest BCUT2D eigenvalue weighted by Gasteiger charge is 2.32. The van der Waals surface area contributed by atoms with E-state index in [1.165, 1.54) is 0 Å². The number of aliphatic carboxylic acids is 1. The molecule has 1 N–H and O–H groups in total. The predicted octanol–water partition coefficient (Wildman–Crippen LogP) is 2.57. The minimum Gasteiger partial charge on any atom is -0.480 e. The molecule has 2 heterocycles. The molecular formula is C17H18N2O2. The number of hydrogen-bond donors (Lipinski definition) is 1. The van der Waals surface area contributed by atoms with Crippen molar-refractivity contribution < 1.29 is 9.90 Å². The molecule has 0 spiro atoms. The second-order valence-corrected chi connectivity index (χ2v) is 5.43. The van der Waals surface area contributed by atoms with E-state index in [4.69, 9.17) is 0 Å². The molecule has 1 aromatic heterocycles. The standard InChI is InChI=1S/C17H18N2O2/c1-12-5-4-9-18-15(12)11-19-10-8-13-6-2-3-7-14(13)16(19)17(20)21/h2-7,9,16H,8,10-11H2,1H3,(H,20,21). The number of carbonyl (C=O) groups is 1. The maximum Gasteiger partial charge on any atom is 0.325 e. The van der Waals surface area contributed by atoms with E-state index in [9.17, 15) is 9.90 Å². The van der Waals surface area contributed by atoms with Gasteiger partial charge in [-0.15, -0.1) is 0 Å². The van der Waals surface area contributed by atoms with Crippen molar-refractivity contribution in [3.63, 3.8) is 0 Å². The van der Waals surface area contributed by atoms with Crippen molar-refractivity contribution in [1.82, 2.24) is 9.88 Å². The van der Waals surface area contributed by atoms with E-state index in [-0.39, 0.29) is 0 Å². The molecule has 1 aliphatic heterocycles. The molecule has 0 fully saturated rings. The number of nitrogens with zero attached hydrogens (tertiary/aromatic N) is 2. The van der Waals surface area contributed by atoms with Gasteiger partial charge in [-0.1, -0.05) is 30.3 Å². The van der Waals surface area contributed by atoms with E-state index < -0.39 is 12.0 Å². The molecule has 3 rings (SSSR count). The number of fused-ring (bicyclic) bond motifs is 1. The van der Waals surface area contributed by atoms with Crippen LogP contribution < -0.4 is 0 Å². The third-order valence-electron chi connectivity index (χ3n) is 4.09. The van der Waals surface area contributed by atoms with Crippen LogP contribution in [0.5, 0.6) is 0 Å². The molecule has 21 heavy (non-hydrogen) atoms. The molecule has 1 atom stereocenters. The lowest BCUT2D eigenvalue weighted by atomic mass is 9.92. The van der Waals surface area contributed by atoms with Gasteiger partial charge in [0.1, 0.15) is 6.04 Å². The first-order valence-corrected chi connectivity index (χ1v) is 7.12. The van der Waals surface area contributed by atoms with Gasteiger partial charge < -0.3 is 5.11 Å². The van der Waals surface area contributed by atoms with Gasteiger partial charge in [0.25, 0.3) is 0 Å². The Morgan fingerprint density at radius 3 is 2.90 bits per heavy atom. The first-order chi connectivity index (χ1) is 10.2. The average Bonchev–Trinajstić information content (AvgIpc) is 2.49. The molecule has 0 saturated heterocycles. The maximum absolute atomic E-state index is 11.7. The Balaban J connectivity index is 1.93. The normalized spacial score (nSPS) is 18.2. The summed E-state index contributed by atoms with van der Waals surface area (Å²) in [5, 5.41) is 9.64. The molecule has 1 aliphatic rings. The Hall–Kier alpha value is -2.20. The van der Waals surface area contributed by atoms with Crippen LogP contribution in [0.4, 0.5) is 0 Å². The molecule has 4 heteroatoms. The lowest BCUT2D eigenvalue weighted by molar-refractivity contribution is -0.144. The number of carboxylic acid groups (broad SMARTS) is 1. The van der Waals surface area contributed by atoms with Crippen LogP contribution in [0.3, 0.4) is 0 Å². The molecule has 1 aromatic carbocycles. The minimum atomic E-state index is -0.796. The monoisotopic (exact) mass is 282 g/mol. The van der Waals surface area contributed by atoms with Gasteiger partial charge >= 0.3 is 5.97 Å². The highest BCUT2D eigenvalue weighted by molar-refractivity contribution is 5.76. The van der Waals surface area contributed by atoms with Crippen LogP contribution in [0.15, 0.2) is 42.6 Å². The molecule has 0 amide bonds. The summed E-state index contributed by atoms with van der Waals surface area (Å²) in [6.07, 6.45) is 2.64. The quantitative estimate of drug-likeness (QED) is 0.940. The van der Waals surface area contributed by atoms with Crippen LogP contribution in [0.25, 0.3) is 0 Å². The van der Waals surface area contributed by atoms with Gasteiger partial charge in [-0.05, 0) is 36.1 Å². The van der Waals surface area contributed by atoms with Crippen molar-refractivity contribution in [2.75, 3.05) is 6.54 Å². The zero-order valence-electron chi connectivity index (χ0n) is 12.0. The number of rotatable bonds is 3. The van der Waals surface area contributed by atoms with Gasteiger partial charge in [-0.2, -0.15) is 0 Å². The molecule has 0 saturated carbocycles. The summed E-state index contributed by atoms with van der Waals surface area (Å²) in [6.45, 7) is 3.32. The van der Waals surface area contributed by atoms with Crippen molar-refractivity contribution in [1.29, 1.82) is 0 Å². The van der Waals surface area contributed by atoms with Crippen molar-refractivity contribution in [2.24, 2.45) is 0 Å². The summed E-state index contributed by atoms with van der Waals surface area (Å²) in [7, 11) is 0. The van der Waals surface area contributed by atoms with E-state index >= 15 is 0 Å². The minimum absolute atomic E-state index is 0.567. The lowest BCUT2D eigenvalue weighted by Gasteiger charge is -2.34. The SMILES string of the molecule is Cc1cccnc1CN1CCc2ccccc2C1C(=O)O. The molecule has 2 aromatic rings. The van der Waals surface area contributed by atoms with Gasteiger partial charge in [0.15, 0.2) is 0 Å². The number of carboxylic acids is 1. The van der Waals surface area contributed by atoms with E-state index in [1.807, 2.05) is 48.2 Å². The van der Waals surface area contributed by atoms with Crippen molar-refractivity contribution >= 4 is 5.97 Å². The second-order valence-electron chi connectivity index (χ2n) is 5.43. The van der Waals surface area contributed by atoms with E-state index in [2.05, 4.69) is 4.98 Å². The third-order valence-corrected chi connectivity index (χ3v) is 4.09. The van der Waals surface area contributed by atoms with Crippen LogP contribution in [0.2, 0.25) is 0 Å². The van der Waals surface area contributed by atoms with Crippen molar-refractivity contribution in [3.8, 4) is 0 Å². The van der Waals surface area contributed by atoms with E-state index in [1.54, 1.807) is 6.20 Å². The van der Waals surface area contributed by atoms with Gasteiger partial charge in [-0.25, -0.2) is 0 Å². The summed E-state index contributed by atoms with van der Waals surface area (Å²) in [6, 6.07) is 11.1. The first-order valence-electron chi connectivity index (χ1n) is 7.12. The highest BCUT2D eigenvalue weighted by atomic mass is 16.4. The van der Waals surface area contributed by atoms with Crippen LogP contribution in [-0.2, 0) is 17.8 Å². The molecular weight excluding hydrogens is 264 g/mol. The second kappa shape index (κ2) is 5.66. The molecule has 0 bridgehead atoms. The predicted molar refractivity (Wildman–Crippen MR) is 79.9 cm³/mol. The number of aromatic nitrogens is 1. The van der Waals surface area contributed by atoms with Gasteiger partial charge in [0, 0.05) is 19.3 Å². The van der Waals surface area contributed by atoms with Crippen LogP contribution in [0, 0.1) is 6.92 Å². The summed E-state index contributed by atoms with van der Waals surface area (Å²) >= 11 is 0. The Bertz CT molecular complexity index is 669. The summed E-state index contributed by atoms with van der Waals surface area (Å²) in [5.74, 6) is -0.796. The Morgan fingerprint density at radius 2 is 2.14 bits per heavy atom. The van der Waals surface area contributed by atoms with Crippen LogP contribution >= 0.6 is 0 Å². The largest absolute Gasteiger partial charge is 0.480 e. The van der Waals surface area contributed by atoms with Crippen molar-refractivity contribution in [3.05, 3.63) is 65.0 Å². The topological polar surface area (TPSA) is 53.4 Å². The molecule has 4 nitrogen and oxygen atoms in total. The fourth-order valence-electron chi connectivity index (χ4n) is 2.95. The fourth-order valence-corrected chi connectivity index (χ4v) is 2.95. The van der Waals surface area contributed by atoms with Crippen LogP contribution in [-0.4, -0.2) is 27.5 Å². The van der Waals surface area contributed by atoms with Gasteiger partial charge in [0.2, 0.25) is 0 Å². The zero-order valence-corrected chi connectivity index (χ0v) is 12.0. The van der Waals surface area contributed by atoms with E-state index in [0.717, 1.165) is 35.3 Å². The van der Waals surface area contributed by atoms with Gasteiger partial charge in [-0.3, -0.25) is 14.7 Å². The molecule has 0 aliphatic carbocycles. The Labute approximate surface area is 124 Å². The lowest BCUT2D eigenvalue weighted by Crippen LogP contribution is -2.39. The zero-order chi connectivity index (χ0) is 14.8. The fraction of sp³-hybridized carbons (Fsp3) is 0.294. The number of pyridine rings is 1. The maximum atomic E-state index is 11.7. The van der Waals surface area contributed by atoms with Crippen molar-refractivity contribution in [2.45, 2.75) is 25.9 Å². The highest BCUT2D eigenvalue weighted by Crippen LogP contribution is 2.31.